The van der Waals surface area contributed by atoms with Crippen molar-refractivity contribution in [2.45, 2.75) is 65.2 Å². The molecule has 0 aliphatic rings. The lowest BCUT2D eigenvalue weighted by Crippen LogP contribution is -2.11. The van der Waals surface area contributed by atoms with E-state index >= 15 is 0 Å². The van der Waals surface area contributed by atoms with Crippen LogP contribution in [0.5, 0.6) is 0 Å². The van der Waals surface area contributed by atoms with Crippen molar-refractivity contribution in [3.63, 3.8) is 0 Å². The fourth-order valence-corrected chi connectivity index (χ4v) is 2.81. The predicted octanol–water partition coefficient (Wildman–Crippen LogP) is 3.59. The number of esters is 1. The molecule has 0 atom stereocenters. The van der Waals surface area contributed by atoms with Gasteiger partial charge in [-0.1, -0.05) is 45.6 Å². The first-order valence-electron chi connectivity index (χ1n) is 8.08. The molecule has 0 heterocycles. The molecular formula is C16H30O5S. The molecule has 22 heavy (non-hydrogen) atoms. The second-order valence-electron chi connectivity index (χ2n) is 5.47. The van der Waals surface area contributed by atoms with Crippen molar-refractivity contribution in [1.82, 2.24) is 0 Å². The third-order valence-electron chi connectivity index (χ3n) is 3.13. The zero-order valence-corrected chi connectivity index (χ0v) is 14.8. The van der Waals surface area contributed by atoms with Crippen molar-refractivity contribution < 1.29 is 22.1 Å². The largest absolute Gasteiger partial charge is 0.462 e. The zero-order chi connectivity index (χ0) is 16.8. The Balaban J connectivity index is 3.43. The van der Waals surface area contributed by atoms with E-state index in [-0.39, 0.29) is 11.7 Å². The molecule has 0 spiro atoms. The van der Waals surface area contributed by atoms with Crippen LogP contribution in [0.15, 0.2) is 12.2 Å². The fourth-order valence-electron chi connectivity index (χ4n) is 1.77. The lowest BCUT2D eigenvalue weighted by atomic mass is 10.1. The Labute approximate surface area is 135 Å². The highest BCUT2D eigenvalue weighted by molar-refractivity contribution is 7.86. The van der Waals surface area contributed by atoms with E-state index in [1.54, 1.807) is 6.92 Å². The Kier molecular flexibility index (Phi) is 12.1. The van der Waals surface area contributed by atoms with Crippen molar-refractivity contribution in [2.24, 2.45) is 0 Å². The van der Waals surface area contributed by atoms with Gasteiger partial charge in [-0.15, -0.1) is 0 Å². The molecule has 0 unspecified atom stereocenters. The van der Waals surface area contributed by atoms with Crippen LogP contribution in [0.25, 0.3) is 0 Å². The molecular weight excluding hydrogens is 304 g/mol. The van der Waals surface area contributed by atoms with Crippen LogP contribution in [0.1, 0.15) is 65.2 Å². The van der Waals surface area contributed by atoms with Crippen molar-refractivity contribution in [3.05, 3.63) is 12.2 Å². The van der Waals surface area contributed by atoms with Gasteiger partial charge in [0.25, 0.3) is 10.1 Å². The molecule has 0 aliphatic heterocycles. The van der Waals surface area contributed by atoms with Gasteiger partial charge in [-0.2, -0.15) is 8.42 Å². The lowest BCUT2D eigenvalue weighted by molar-refractivity contribution is -0.139. The molecule has 130 valence electrons. The van der Waals surface area contributed by atoms with Crippen molar-refractivity contribution in [2.75, 3.05) is 19.0 Å². The molecule has 5 nitrogen and oxygen atoms in total. The van der Waals surface area contributed by atoms with Crippen LogP contribution in [0.4, 0.5) is 0 Å². The summed E-state index contributed by atoms with van der Waals surface area (Å²) in [5.74, 6) is -0.235. The number of hydrogen-bond donors (Lipinski definition) is 0. The summed E-state index contributed by atoms with van der Waals surface area (Å²) in [5.41, 5.74) is 0.419. The number of hydrogen-bond acceptors (Lipinski definition) is 5. The first kappa shape index (κ1) is 21.1. The third kappa shape index (κ3) is 12.8. The number of rotatable bonds is 14. The molecule has 0 saturated carbocycles. The second kappa shape index (κ2) is 12.6. The Morgan fingerprint density at radius 1 is 0.955 bits per heavy atom. The third-order valence-corrected chi connectivity index (χ3v) is 4.45. The fraction of sp³-hybridized carbons (Fsp3) is 0.812. The summed E-state index contributed by atoms with van der Waals surface area (Å²) in [5, 5.41) is 0. The monoisotopic (exact) mass is 334 g/mol. The van der Waals surface area contributed by atoms with Crippen LogP contribution in [0, 0.1) is 0 Å². The molecule has 0 bridgehead atoms. The minimum absolute atomic E-state index is 0.104. The van der Waals surface area contributed by atoms with Crippen LogP contribution < -0.4 is 0 Å². The maximum absolute atomic E-state index is 11.5. The molecule has 0 rings (SSSR count). The predicted molar refractivity (Wildman–Crippen MR) is 88.1 cm³/mol. The van der Waals surface area contributed by atoms with Crippen molar-refractivity contribution >= 4 is 16.1 Å². The van der Waals surface area contributed by atoms with Gasteiger partial charge in [-0.25, -0.2) is 4.79 Å². The molecule has 0 aromatic carbocycles. The van der Waals surface area contributed by atoms with Gasteiger partial charge in [-0.3, -0.25) is 4.18 Å². The average Bonchev–Trinajstić information content (AvgIpc) is 2.45. The lowest BCUT2D eigenvalue weighted by Gasteiger charge is -2.05. The minimum Gasteiger partial charge on any atom is -0.462 e. The van der Waals surface area contributed by atoms with Gasteiger partial charge < -0.3 is 4.74 Å². The SMILES string of the molecule is C=C(C)C(=O)OCCCCCCCCS(=O)(=O)OCCCC. The Morgan fingerprint density at radius 3 is 2.14 bits per heavy atom. The van der Waals surface area contributed by atoms with E-state index in [2.05, 4.69) is 6.58 Å². The van der Waals surface area contributed by atoms with Gasteiger partial charge in [0.2, 0.25) is 0 Å². The normalized spacial score (nSPS) is 11.4. The number of unbranched alkanes of at least 4 members (excludes halogenated alkanes) is 6. The number of ether oxygens (including phenoxy) is 1. The van der Waals surface area contributed by atoms with Gasteiger partial charge in [0.05, 0.1) is 19.0 Å². The highest BCUT2D eigenvalue weighted by Gasteiger charge is 2.09. The first-order valence-corrected chi connectivity index (χ1v) is 9.66. The molecule has 6 heteroatoms. The molecule has 0 aromatic rings. The average molecular weight is 334 g/mol. The Morgan fingerprint density at radius 2 is 1.55 bits per heavy atom. The highest BCUT2D eigenvalue weighted by Crippen LogP contribution is 2.08. The quantitative estimate of drug-likeness (QED) is 0.210. The molecule has 0 amide bonds. The number of carbonyl (C=O) groups is 1. The van der Waals surface area contributed by atoms with Crippen molar-refractivity contribution in [1.29, 1.82) is 0 Å². The van der Waals surface area contributed by atoms with Crippen molar-refractivity contribution in [3.8, 4) is 0 Å². The minimum atomic E-state index is -3.34. The Hall–Kier alpha value is -0.880. The topological polar surface area (TPSA) is 69.7 Å². The molecule has 0 aromatic heterocycles. The molecule has 0 fully saturated rings. The summed E-state index contributed by atoms with van der Waals surface area (Å²) < 4.78 is 32.9. The van der Waals surface area contributed by atoms with E-state index in [9.17, 15) is 13.2 Å². The van der Waals surface area contributed by atoms with Gasteiger partial charge in [-0.05, 0) is 26.2 Å². The zero-order valence-electron chi connectivity index (χ0n) is 13.9. The maximum Gasteiger partial charge on any atom is 0.333 e. The van der Waals surface area contributed by atoms with Gasteiger partial charge >= 0.3 is 5.97 Å². The molecule has 0 saturated heterocycles. The summed E-state index contributed by atoms with van der Waals surface area (Å²) in [6.07, 6.45) is 7.02. The number of carbonyl (C=O) groups excluding carboxylic acids is 1. The van der Waals surface area contributed by atoms with E-state index in [0.717, 1.165) is 44.9 Å². The summed E-state index contributed by atoms with van der Waals surface area (Å²) >= 11 is 0. The molecule has 0 radical (unpaired) electrons. The summed E-state index contributed by atoms with van der Waals surface area (Å²) in [7, 11) is -3.34. The molecule has 0 N–H and O–H groups in total. The Bertz CT molecular complexity index is 414. The van der Waals surface area contributed by atoms with E-state index < -0.39 is 10.1 Å². The van der Waals surface area contributed by atoms with Gasteiger partial charge in [0, 0.05) is 5.57 Å². The maximum atomic E-state index is 11.5. The summed E-state index contributed by atoms with van der Waals surface area (Å²) in [6.45, 7) is 7.85. The first-order chi connectivity index (χ1) is 10.4. The second-order valence-corrected chi connectivity index (χ2v) is 7.23. The van der Waals surface area contributed by atoms with Crippen LogP contribution in [0.2, 0.25) is 0 Å². The van der Waals surface area contributed by atoms with Crippen LogP contribution in [-0.4, -0.2) is 33.4 Å². The smallest absolute Gasteiger partial charge is 0.333 e. The molecule has 0 aliphatic carbocycles. The van der Waals surface area contributed by atoms with E-state index in [1.807, 2.05) is 6.92 Å². The van der Waals surface area contributed by atoms with E-state index in [1.165, 1.54) is 0 Å². The van der Waals surface area contributed by atoms with Crippen LogP contribution in [-0.2, 0) is 23.8 Å². The van der Waals surface area contributed by atoms with Gasteiger partial charge in [0.1, 0.15) is 0 Å². The highest BCUT2D eigenvalue weighted by atomic mass is 32.2. The van der Waals surface area contributed by atoms with E-state index in [4.69, 9.17) is 8.92 Å². The summed E-state index contributed by atoms with van der Waals surface area (Å²) in [4.78, 5) is 11.1. The van der Waals surface area contributed by atoms with Gasteiger partial charge in [0.15, 0.2) is 0 Å². The van der Waals surface area contributed by atoms with Crippen LogP contribution in [0.3, 0.4) is 0 Å². The summed E-state index contributed by atoms with van der Waals surface area (Å²) in [6, 6.07) is 0. The standard InChI is InChI=1S/C16H30O5S/c1-4-5-13-21-22(18,19)14-11-9-7-6-8-10-12-20-16(17)15(2)3/h2,4-14H2,1,3H3. The van der Waals surface area contributed by atoms with E-state index in [0.29, 0.717) is 25.2 Å². The van der Waals surface area contributed by atoms with Crippen LogP contribution >= 0.6 is 0 Å².